The molecule has 7 heteroatoms. The van der Waals surface area contributed by atoms with Gasteiger partial charge in [-0.3, -0.25) is 19.2 Å². The molecule has 3 atom stereocenters. The van der Waals surface area contributed by atoms with Crippen molar-refractivity contribution in [2.24, 2.45) is 17.8 Å². The first-order valence-electron chi connectivity index (χ1n) is 14.6. The number of aryl methyl sites for hydroxylation is 1. The number of carbonyl (C=O) groups excluding carboxylic acids is 4. The van der Waals surface area contributed by atoms with Crippen molar-refractivity contribution >= 4 is 35.1 Å². The lowest BCUT2D eigenvalue weighted by Crippen LogP contribution is -2.41. The van der Waals surface area contributed by atoms with Gasteiger partial charge in [-0.15, -0.1) is 0 Å². The van der Waals surface area contributed by atoms with Crippen LogP contribution in [0.15, 0.2) is 97.1 Å². The van der Waals surface area contributed by atoms with Crippen LogP contribution < -0.4 is 14.5 Å². The second kappa shape index (κ2) is 9.49. The molecule has 4 aromatic rings. The molecule has 212 valence electrons. The van der Waals surface area contributed by atoms with Crippen molar-refractivity contribution in [1.82, 2.24) is 0 Å². The summed E-state index contributed by atoms with van der Waals surface area (Å²) in [6, 6.07) is 30.5. The van der Waals surface area contributed by atoms with E-state index in [4.69, 9.17) is 4.74 Å². The van der Waals surface area contributed by atoms with Crippen molar-refractivity contribution in [3.8, 4) is 5.75 Å². The summed E-state index contributed by atoms with van der Waals surface area (Å²) in [5.74, 6) is -2.88. The van der Waals surface area contributed by atoms with Crippen LogP contribution in [0.4, 0.5) is 11.4 Å². The van der Waals surface area contributed by atoms with E-state index in [0.717, 1.165) is 33.5 Å². The van der Waals surface area contributed by atoms with Crippen molar-refractivity contribution in [3.05, 3.63) is 125 Å². The highest BCUT2D eigenvalue weighted by Gasteiger charge is 2.61. The third kappa shape index (κ3) is 3.80. The fourth-order valence-electron chi connectivity index (χ4n) is 7.66. The number of hydrogen-bond donors (Lipinski definition) is 0. The number of hydrogen-bond acceptors (Lipinski definition) is 5. The molecule has 7 nitrogen and oxygen atoms in total. The normalized spacial score (nSPS) is 25.0. The van der Waals surface area contributed by atoms with Gasteiger partial charge in [-0.25, -0.2) is 4.90 Å². The van der Waals surface area contributed by atoms with Crippen molar-refractivity contribution in [3.63, 3.8) is 0 Å². The number of imide groups is 1. The highest BCUT2D eigenvalue weighted by Crippen LogP contribution is 2.61. The zero-order valence-corrected chi connectivity index (χ0v) is 23.5. The smallest absolute Gasteiger partial charge is 0.316 e. The molecule has 0 saturated carbocycles. The highest BCUT2D eigenvalue weighted by molar-refractivity contribution is 6.23. The Bertz CT molecular complexity index is 1730. The van der Waals surface area contributed by atoms with Crippen LogP contribution >= 0.6 is 0 Å². The largest absolute Gasteiger partial charge is 0.426 e. The molecule has 5 aliphatic rings. The topological polar surface area (TPSA) is 84.0 Å². The molecule has 0 N–H and O–H groups in total. The summed E-state index contributed by atoms with van der Waals surface area (Å²) in [5, 5.41) is 0. The van der Waals surface area contributed by atoms with Crippen LogP contribution in [0, 0.1) is 24.7 Å². The summed E-state index contributed by atoms with van der Waals surface area (Å²) in [7, 11) is 0. The molecular formula is C36H28N2O5. The van der Waals surface area contributed by atoms with Gasteiger partial charge in [0.1, 0.15) is 5.75 Å². The van der Waals surface area contributed by atoms with Crippen molar-refractivity contribution < 1.29 is 23.9 Å². The Labute approximate surface area is 248 Å². The van der Waals surface area contributed by atoms with Crippen LogP contribution in [0.25, 0.3) is 0 Å². The van der Waals surface area contributed by atoms with E-state index in [1.807, 2.05) is 55.5 Å². The number of rotatable bonds is 4. The number of carbonyl (C=O) groups is 4. The summed E-state index contributed by atoms with van der Waals surface area (Å²) < 4.78 is 5.73. The fraction of sp³-hybridized carbons (Fsp3) is 0.222. The Morgan fingerprint density at radius 2 is 1.26 bits per heavy atom. The Kier molecular flexibility index (Phi) is 5.66. The second-order valence-electron chi connectivity index (χ2n) is 11.9. The molecule has 0 spiro atoms. The number of esters is 1. The molecule has 0 unspecified atom stereocenters. The average Bonchev–Trinajstić information content (AvgIpc) is 3.54. The van der Waals surface area contributed by atoms with Crippen molar-refractivity contribution in [2.45, 2.75) is 25.2 Å². The quantitative estimate of drug-likeness (QED) is 0.188. The van der Waals surface area contributed by atoms with E-state index in [1.165, 1.54) is 4.90 Å². The van der Waals surface area contributed by atoms with Crippen LogP contribution in [0.1, 0.15) is 46.1 Å². The molecule has 4 aromatic carbocycles. The van der Waals surface area contributed by atoms with Gasteiger partial charge in [0.15, 0.2) is 0 Å². The summed E-state index contributed by atoms with van der Waals surface area (Å²) in [4.78, 5) is 56.9. The van der Waals surface area contributed by atoms with Crippen molar-refractivity contribution in [2.75, 3.05) is 16.3 Å². The van der Waals surface area contributed by atoms with Gasteiger partial charge < -0.3 is 9.64 Å². The molecule has 2 saturated heterocycles. The summed E-state index contributed by atoms with van der Waals surface area (Å²) in [5.41, 5.74) is 6.67. The van der Waals surface area contributed by atoms with Crippen LogP contribution in [0.3, 0.4) is 0 Å². The first-order chi connectivity index (χ1) is 20.9. The average molecular weight is 569 g/mol. The zero-order chi connectivity index (χ0) is 29.4. The van der Waals surface area contributed by atoms with E-state index in [0.29, 0.717) is 5.69 Å². The number of nitrogens with zero attached hydrogens (tertiary/aromatic N) is 2. The van der Waals surface area contributed by atoms with Crippen LogP contribution in [-0.4, -0.2) is 30.2 Å². The minimum absolute atomic E-state index is 0.0583. The maximum atomic E-state index is 14.1. The summed E-state index contributed by atoms with van der Waals surface area (Å²) in [6.07, 6.45) is 0.0583. The van der Waals surface area contributed by atoms with Gasteiger partial charge in [0.2, 0.25) is 17.7 Å². The SMILES string of the molecule is Cc1ccc(N2C[C@H](C(=O)Oc3cccc(N4C(=O)[C@@H]5C6c7ccccc7C(c7ccccc76)[C@H]5C4=O)c3)CC2=O)cc1. The van der Waals surface area contributed by atoms with Gasteiger partial charge in [0, 0.05) is 36.6 Å². The molecule has 2 aliphatic heterocycles. The van der Waals surface area contributed by atoms with Crippen LogP contribution in [-0.2, 0) is 19.2 Å². The standard InChI is InChI=1S/C36H28N2O5/c1-20-13-15-22(16-14-20)37-19-21(17-29(37)39)36(42)43-24-8-6-7-23(18-24)38-34(40)32-30-25-9-2-3-10-26(25)31(33(32)35(38)41)28-12-5-4-11-27(28)30/h2-16,18,21,30-33H,17,19H2,1H3/t21-,30?,31?,32-,33-/m1/s1. The number of amides is 3. The first kappa shape index (κ1) is 25.7. The number of anilines is 2. The third-order valence-electron chi connectivity index (χ3n) is 9.55. The number of benzene rings is 4. The van der Waals surface area contributed by atoms with E-state index in [-0.39, 0.29) is 48.3 Å². The molecule has 43 heavy (non-hydrogen) atoms. The zero-order valence-electron chi connectivity index (χ0n) is 23.5. The summed E-state index contributed by atoms with van der Waals surface area (Å²) in [6.45, 7) is 2.21. The van der Waals surface area contributed by atoms with E-state index >= 15 is 0 Å². The molecule has 3 aliphatic carbocycles. The third-order valence-corrected chi connectivity index (χ3v) is 9.55. The van der Waals surface area contributed by atoms with Gasteiger partial charge in [-0.2, -0.15) is 0 Å². The second-order valence-corrected chi connectivity index (χ2v) is 11.9. The lowest BCUT2D eigenvalue weighted by atomic mass is 9.55. The predicted octanol–water partition coefficient (Wildman–Crippen LogP) is 5.35. The monoisotopic (exact) mass is 568 g/mol. The van der Waals surface area contributed by atoms with E-state index in [1.54, 1.807) is 29.2 Å². The minimum Gasteiger partial charge on any atom is -0.426 e. The molecular weight excluding hydrogens is 540 g/mol. The molecule has 0 aromatic heterocycles. The molecule has 2 fully saturated rings. The predicted molar refractivity (Wildman–Crippen MR) is 160 cm³/mol. The van der Waals surface area contributed by atoms with Crippen molar-refractivity contribution in [1.29, 1.82) is 0 Å². The first-order valence-corrected chi connectivity index (χ1v) is 14.6. The Hall–Kier alpha value is -5.04. The lowest BCUT2D eigenvalue weighted by Gasteiger charge is -2.45. The maximum Gasteiger partial charge on any atom is 0.316 e. The maximum absolute atomic E-state index is 14.1. The molecule has 9 rings (SSSR count). The Morgan fingerprint density at radius 3 is 1.81 bits per heavy atom. The van der Waals surface area contributed by atoms with Gasteiger partial charge in [-0.1, -0.05) is 72.3 Å². The number of ether oxygens (including phenoxy) is 1. The minimum atomic E-state index is -0.622. The molecule has 2 heterocycles. The van der Waals surface area contributed by atoms with Gasteiger partial charge >= 0.3 is 5.97 Å². The van der Waals surface area contributed by atoms with E-state index in [2.05, 4.69) is 24.3 Å². The Balaban J connectivity index is 1.06. The lowest BCUT2D eigenvalue weighted by molar-refractivity contribution is -0.139. The fourth-order valence-corrected chi connectivity index (χ4v) is 7.66. The Morgan fingerprint density at radius 1 is 0.698 bits per heavy atom. The van der Waals surface area contributed by atoms with Gasteiger partial charge in [0.25, 0.3) is 0 Å². The van der Waals surface area contributed by atoms with Gasteiger partial charge in [0.05, 0.1) is 23.4 Å². The van der Waals surface area contributed by atoms with E-state index in [9.17, 15) is 19.2 Å². The summed E-state index contributed by atoms with van der Waals surface area (Å²) >= 11 is 0. The highest BCUT2D eigenvalue weighted by atomic mass is 16.5. The van der Waals surface area contributed by atoms with Crippen LogP contribution in [0.2, 0.25) is 0 Å². The van der Waals surface area contributed by atoms with Gasteiger partial charge in [-0.05, 0) is 53.4 Å². The molecule has 3 amide bonds. The van der Waals surface area contributed by atoms with E-state index < -0.39 is 23.7 Å². The molecule has 2 bridgehead atoms. The van der Waals surface area contributed by atoms with Crippen LogP contribution in [0.5, 0.6) is 5.75 Å². The molecule has 0 radical (unpaired) electrons.